The summed E-state index contributed by atoms with van der Waals surface area (Å²) >= 11 is 5.42. The standard InChI is InChI=1S/C13H15NOS/c1-8-6-5-7-10-11(8)14(9(2)15)12(16)13(10,3)4/h5-7H,1-4H3. The second-order valence-corrected chi connectivity index (χ2v) is 5.14. The molecule has 0 unspecified atom stereocenters. The molecule has 0 spiro atoms. The molecule has 0 saturated carbocycles. The number of benzene rings is 1. The minimum Gasteiger partial charge on any atom is -0.274 e. The molecule has 1 aromatic carbocycles. The van der Waals surface area contributed by atoms with Crippen LogP contribution < -0.4 is 4.90 Å². The predicted molar refractivity (Wildman–Crippen MR) is 70.0 cm³/mol. The minimum atomic E-state index is -0.234. The van der Waals surface area contributed by atoms with Gasteiger partial charge in [0.1, 0.15) is 0 Å². The Kier molecular flexibility index (Phi) is 2.39. The van der Waals surface area contributed by atoms with Gasteiger partial charge in [-0.1, -0.05) is 30.4 Å². The second-order valence-electron chi connectivity index (χ2n) is 4.76. The zero-order chi connectivity index (χ0) is 12.1. The van der Waals surface area contributed by atoms with Gasteiger partial charge in [0.2, 0.25) is 5.91 Å². The van der Waals surface area contributed by atoms with E-state index in [0.29, 0.717) is 4.99 Å². The molecule has 0 fully saturated rings. The first-order valence-corrected chi connectivity index (χ1v) is 5.73. The maximum atomic E-state index is 11.7. The van der Waals surface area contributed by atoms with E-state index in [2.05, 4.69) is 19.9 Å². The van der Waals surface area contributed by atoms with Crippen molar-refractivity contribution < 1.29 is 4.79 Å². The van der Waals surface area contributed by atoms with Crippen molar-refractivity contribution in [2.24, 2.45) is 0 Å². The molecule has 84 valence electrons. The van der Waals surface area contributed by atoms with Gasteiger partial charge in [-0.05, 0) is 31.9 Å². The molecule has 0 atom stereocenters. The highest BCUT2D eigenvalue weighted by atomic mass is 32.1. The average Bonchev–Trinajstić information content (AvgIpc) is 2.38. The Balaban J connectivity index is 2.75. The normalized spacial score (nSPS) is 17.5. The van der Waals surface area contributed by atoms with Crippen LogP contribution in [0, 0.1) is 6.92 Å². The molecule has 0 aliphatic carbocycles. The molecule has 0 N–H and O–H groups in total. The van der Waals surface area contributed by atoms with Gasteiger partial charge in [0, 0.05) is 12.3 Å². The Hall–Kier alpha value is -1.22. The van der Waals surface area contributed by atoms with Gasteiger partial charge in [0.15, 0.2) is 0 Å². The molecule has 0 aromatic heterocycles. The maximum Gasteiger partial charge on any atom is 0.228 e. The first kappa shape index (κ1) is 11.3. The largest absolute Gasteiger partial charge is 0.274 e. The van der Waals surface area contributed by atoms with Crippen LogP contribution in [0.5, 0.6) is 0 Å². The van der Waals surface area contributed by atoms with E-state index in [4.69, 9.17) is 12.2 Å². The van der Waals surface area contributed by atoms with Crippen molar-refractivity contribution in [2.75, 3.05) is 4.90 Å². The topological polar surface area (TPSA) is 20.3 Å². The van der Waals surface area contributed by atoms with Crippen LogP contribution in [0.2, 0.25) is 0 Å². The quantitative estimate of drug-likeness (QED) is 0.642. The number of nitrogens with zero attached hydrogens (tertiary/aromatic N) is 1. The molecule has 2 rings (SSSR count). The number of para-hydroxylation sites is 1. The summed E-state index contributed by atoms with van der Waals surface area (Å²) in [5, 5.41) is 0. The smallest absolute Gasteiger partial charge is 0.228 e. The number of aryl methyl sites for hydroxylation is 1. The Morgan fingerprint density at radius 1 is 1.38 bits per heavy atom. The highest BCUT2D eigenvalue weighted by molar-refractivity contribution is 7.81. The zero-order valence-corrected chi connectivity index (χ0v) is 10.8. The van der Waals surface area contributed by atoms with Gasteiger partial charge >= 0.3 is 0 Å². The molecule has 0 saturated heterocycles. The van der Waals surface area contributed by atoms with E-state index < -0.39 is 0 Å². The Bertz CT molecular complexity index is 491. The van der Waals surface area contributed by atoms with Gasteiger partial charge in [0.05, 0.1) is 10.7 Å². The summed E-state index contributed by atoms with van der Waals surface area (Å²) in [7, 11) is 0. The number of fused-ring (bicyclic) bond motifs is 1. The lowest BCUT2D eigenvalue weighted by Crippen LogP contribution is -2.37. The molecule has 2 nitrogen and oxygen atoms in total. The van der Waals surface area contributed by atoms with Gasteiger partial charge in [0.25, 0.3) is 0 Å². The molecule has 1 aromatic rings. The van der Waals surface area contributed by atoms with Gasteiger partial charge in [-0.2, -0.15) is 0 Å². The molecule has 16 heavy (non-hydrogen) atoms. The Labute approximate surface area is 101 Å². The fourth-order valence-corrected chi connectivity index (χ4v) is 2.59. The van der Waals surface area contributed by atoms with E-state index in [9.17, 15) is 4.79 Å². The van der Waals surface area contributed by atoms with Crippen LogP contribution in [0.1, 0.15) is 31.9 Å². The number of rotatable bonds is 0. The molecule has 1 aliphatic heterocycles. The summed E-state index contributed by atoms with van der Waals surface area (Å²) in [4.78, 5) is 14.1. The van der Waals surface area contributed by atoms with E-state index in [1.165, 1.54) is 0 Å². The van der Waals surface area contributed by atoms with Crippen molar-refractivity contribution in [1.29, 1.82) is 0 Å². The third-order valence-corrected chi connectivity index (χ3v) is 3.88. The van der Waals surface area contributed by atoms with E-state index in [0.717, 1.165) is 16.8 Å². The van der Waals surface area contributed by atoms with Crippen LogP contribution in [0.3, 0.4) is 0 Å². The lowest BCUT2D eigenvalue weighted by molar-refractivity contribution is -0.115. The summed E-state index contributed by atoms with van der Waals surface area (Å²) in [5.74, 6) is -0.00822. The van der Waals surface area contributed by atoms with Gasteiger partial charge in [-0.15, -0.1) is 0 Å². The number of hydrogen-bond acceptors (Lipinski definition) is 2. The summed E-state index contributed by atoms with van der Waals surface area (Å²) in [6.45, 7) is 7.70. The van der Waals surface area contributed by atoms with Crippen molar-refractivity contribution in [1.82, 2.24) is 0 Å². The Morgan fingerprint density at radius 2 is 2.00 bits per heavy atom. The number of thiocarbonyl (C=S) groups is 1. The van der Waals surface area contributed by atoms with Gasteiger partial charge in [-0.25, -0.2) is 0 Å². The highest BCUT2D eigenvalue weighted by Gasteiger charge is 2.42. The molecule has 1 aliphatic rings. The van der Waals surface area contributed by atoms with E-state index in [1.54, 1.807) is 11.8 Å². The molecule has 0 radical (unpaired) electrons. The fraction of sp³-hybridized carbons (Fsp3) is 0.385. The summed E-state index contributed by atoms with van der Waals surface area (Å²) < 4.78 is 0. The van der Waals surface area contributed by atoms with Crippen LogP contribution in [0.25, 0.3) is 0 Å². The Morgan fingerprint density at radius 3 is 2.56 bits per heavy atom. The average molecular weight is 233 g/mol. The van der Waals surface area contributed by atoms with E-state index in [-0.39, 0.29) is 11.3 Å². The summed E-state index contributed by atoms with van der Waals surface area (Å²) in [6.07, 6.45) is 0. The molecule has 1 heterocycles. The van der Waals surface area contributed by atoms with Gasteiger partial charge in [-0.3, -0.25) is 9.69 Å². The van der Waals surface area contributed by atoms with Crippen molar-refractivity contribution >= 4 is 28.8 Å². The maximum absolute atomic E-state index is 11.7. The first-order valence-electron chi connectivity index (χ1n) is 5.32. The van der Waals surface area contributed by atoms with Crippen molar-refractivity contribution in [3.8, 4) is 0 Å². The van der Waals surface area contributed by atoms with E-state index >= 15 is 0 Å². The van der Waals surface area contributed by atoms with Crippen LogP contribution in [-0.4, -0.2) is 10.9 Å². The number of amides is 1. The van der Waals surface area contributed by atoms with Crippen LogP contribution in [-0.2, 0) is 10.2 Å². The SMILES string of the molecule is CC(=O)N1C(=S)C(C)(C)c2cccc(C)c21. The summed E-state index contributed by atoms with van der Waals surface area (Å²) in [6, 6.07) is 6.08. The van der Waals surface area contributed by atoms with E-state index in [1.807, 2.05) is 19.1 Å². The number of hydrogen-bond donors (Lipinski definition) is 0. The highest BCUT2D eigenvalue weighted by Crippen LogP contribution is 2.43. The monoisotopic (exact) mass is 233 g/mol. The zero-order valence-electron chi connectivity index (χ0n) is 10.00. The molecular formula is C13H15NOS. The number of carbonyl (C=O) groups is 1. The van der Waals surface area contributed by atoms with Crippen molar-refractivity contribution in [3.63, 3.8) is 0 Å². The molecular weight excluding hydrogens is 218 g/mol. The first-order chi connectivity index (χ1) is 7.37. The lowest BCUT2D eigenvalue weighted by Gasteiger charge is -2.21. The molecule has 0 bridgehead atoms. The number of carbonyl (C=O) groups excluding carboxylic acids is 1. The third kappa shape index (κ3) is 1.31. The minimum absolute atomic E-state index is 0.00822. The number of anilines is 1. The molecule has 3 heteroatoms. The third-order valence-electron chi connectivity index (χ3n) is 3.19. The van der Waals surface area contributed by atoms with Crippen molar-refractivity contribution in [3.05, 3.63) is 29.3 Å². The predicted octanol–water partition coefficient (Wildman–Crippen LogP) is 2.97. The fourth-order valence-electron chi connectivity index (χ4n) is 2.26. The van der Waals surface area contributed by atoms with Crippen LogP contribution in [0.15, 0.2) is 18.2 Å². The second kappa shape index (κ2) is 3.39. The summed E-state index contributed by atoms with van der Waals surface area (Å²) in [5.41, 5.74) is 2.99. The lowest BCUT2D eigenvalue weighted by atomic mass is 9.86. The van der Waals surface area contributed by atoms with Crippen LogP contribution >= 0.6 is 12.2 Å². The van der Waals surface area contributed by atoms with Crippen molar-refractivity contribution in [2.45, 2.75) is 33.1 Å². The van der Waals surface area contributed by atoms with Gasteiger partial charge < -0.3 is 0 Å². The van der Waals surface area contributed by atoms with Crippen LogP contribution in [0.4, 0.5) is 5.69 Å². The molecule has 1 amide bonds.